The van der Waals surface area contributed by atoms with Gasteiger partial charge in [-0.05, 0) is 6.92 Å². The molecule has 0 aliphatic rings. The van der Waals surface area contributed by atoms with Gasteiger partial charge in [0.15, 0.2) is 0 Å². The summed E-state index contributed by atoms with van der Waals surface area (Å²) in [6.45, 7) is 8.16. The van der Waals surface area contributed by atoms with Gasteiger partial charge in [0.25, 0.3) is 0 Å². The molecule has 0 aliphatic heterocycles. The predicted octanol–water partition coefficient (Wildman–Crippen LogP) is 2.41. The van der Waals surface area contributed by atoms with E-state index in [2.05, 4.69) is 40.6 Å². The number of carbonyl (C=O) groups excluding carboxylic acids is 1. The van der Waals surface area contributed by atoms with Gasteiger partial charge in [-0.3, -0.25) is 4.79 Å². The largest absolute Gasteiger partial charge is 0.361 e. The SMILES string of the molecule is CC(=O)CC(CC#C[Si](C)(C)C)OP. The molecular formula is C10H19O2PSi. The third kappa shape index (κ3) is 8.44. The fraction of sp³-hybridized carbons (Fsp3) is 0.700. The van der Waals surface area contributed by atoms with E-state index in [1.54, 1.807) is 6.92 Å². The molecule has 0 rings (SSSR count). The molecule has 4 heteroatoms. The molecule has 0 aliphatic carbocycles. The lowest BCUT2D eigenvalue weighted by Crippen LogP contribution is -2.17. The van der Waals surface area contributed by atoms with Crippen molar-refractivity contribution in [2.75, 3.05) is 0 Å². The Morgan fingerprint density at radius 1 is 1.50 bits per heavy atom. The van der Waals surface area contributed by atoms with Gasteiger partial charge in [-0.2, -0.15) is 0 Å². The van der Waals surface area contributed by atoms with Crippen LogP contribution in [-0.2, 0) is 9.32 Å². The summed E-state index contributed by atoms with van der Waals surface area (Å²) >= 11 is 0. The number of Topliss-reactive ketones (excluding diaryl/α,β-unsaturated/α-hetero) is 1. The number of hydrogen-bond donors (Lipinski definition) is 0. The maximum absolute atomic E-state index is 10.8. The summed E-state index contributed by atoms with van der Waals surface area (Å²) in [5.74, 6) is 3.25. The van der Waals surface area contributed by atoms with Crippen LogP contribution in [0.15, 0.2) is 0 Å². The summed E-state index contributed by atoms with van der Waals surface area (Å²) in [7, 11) is 0.916. The van der Waals surface area contributed by atoms with Crippen molar-refractivity contribution in [2.45, 2.75) is 45.5 Å². The van der Waals surface area contributed by atoms with Gasteiger partial charge in [0.05, 0.1) is 6.10 Å². The minimum absolute atomic E-state index is 0.0682. The molecule has 0 aromatic heterocycles. The van der Waals surface area contributed by atoms with Gasteiger partial charge in [0, 0.05) is 22.3 Å². The zero-order chi connectivity index (χ0) is 11.2. The molecule has 0 spiro atoms. The van der Waals surface area contributed by atoms with Crippen molar-refractivity contribution in [1.29, 1.82) is 0 Å². The Kier molecular flexibility index (Phi) is 6.27. The van der Waals surface area contributed by atoms with E-state index < -0.39 is 8.07 Å². The summed E-state index contributed by atoms with van der Waals surface area (Å²) < 4.78 is 5.08. The van der Waals surface area contributed by atoms with Crippen LogP contribution in [0.2, 0.25) is 19.6 Å². The highest BCUT2D eigenvalue weighted by atomic mass is 31.0. The Bertz CT molecular complexity index is 247. The molecular weight excluding hydrogens is 211 g/mol. The summed E-state index contributed by atoms with van der Waals surface area (Å²) in [5.41, 5.74) is 3.25. The number of carbonyl (C=O) groups is 1. The topological polar surface area (TPSA) is 26.3 Å². The van der Waals surface area contributed by atoms with E-state index in [-0.39, 0.29) is 11.9 Å². The monoisotopic (exact) mass is 230 g/mol. The molecule has 0 heterocycles. The smallest absolute Gasteiger partial charge is 0.132 e. The molecule has 0 amide bonds. The van der Waals surface area contributed by atoms with Gasteiger partial charge in [-0.25, -0.2) is 0 Å². The first-order chi connectivity index (χ1) is 6.35. The van der Waals surface area contributed by atoms with Crippen LogP contribution in [0.5, 0.6) is 0 Å². The average molecular weight is 230 g/mol. The zero-order valence-electron chi connectivity index (χ0n) is 9.39. The van der Waals surface area contributed by atoms with E-state index in [0.717, 1.165) is 0 Å². The van der Waals surface area contributed by atoms with Crippen molar-refractivity contribution in [1.82, 2.24) is 0 Å². The second-order valence-corrected chi connectivity index (χ2v) is 9.44. The highest BCUT2D eigenvalue weighted by molar-refractivity contribution is 7.09. The zero-order valence-corrected chi connectivity index (χ0v) is 11.5. The van der Waals surface area contributed by atoms with E-state index >= 15 is 0 Å². The lowest BCUT2D eigenvalue weighted by molar-refractivity contribution is -0.118. The van der Waals surface area contributed by atoms with Crippen molar-refractivity contribution in [2.24, 2.45) is 0 Å². The first-order valence-corrected chi connectivity index (χ1v) is 8.67. The third-order valence-electron chi connectivity index (χ3n) is 1.50. The van der Waals surface area contributed by atoms with Crippen LogP contribution < -0.4 is 0 Å². The van der Waals surface area contributed by atoms with Crippen LogP contribution in [0, 0.1) is 11.5 Å². The van der Waals surface area contributed by atoms with Gasteiger partial charge in [-0.15, -0.1) is 11.5 Å². The molecule has 0 fully saturated rings. The molecule has 0 aromatic carbocycles. The van der Waals surface area contributed by atoms with Crippen LogP contribution in [0.1, 0.15) is 19.8 Å². The van der Waals surface area contributed by atoms with Gasteiger partial charge in [-0.1, -0.05) is 19.6 Å². The van der Waals surface area contributed by atoms with Crippen LogP contribution in [0.4, 0.5) is 0 Å². The standard InChI is InChI=1S/C10H19O2PSi/c1-9(11)8-10(12-13)6-5-7-14(2,3)4/h10H,6,8,13H2,1-4H3. The summed E-state index contributed by atoms with van der Waals surface area (Å²) in [5, 5.41) is 0. The lowest BCUT2D eigenvalue weighted by atomic mass is 10.1. The van der Waals surface area contributed by atoms with Crippen molar-refractivity contribution in [3.05, 3.63) is 0 Å². The molecule has 80 valence electrons. The first kappa shape index (κ1) is 13.8. The van der Waals surface area contributed by atoms with E-state index in [9.17, 15) is 4.79 Å². The molecule has 2 unspecified atom stereocenters. The minimum Gasteiger partial charge on any atom is -0.361 e. The minimum atomic E-state index is -1.29. The third-order valence-corrected chi connectivity index (χ3v) is 2.81. The number of ketones is 1. The first-order valence-electron chi connectivity index (χ1n) is 4.70. The molecule has 0 saturated carbocycles. The lowest BCUT2D eigenvalue weighted by Gasteiger charge is -2.09. The molecule has 0 saturated heterocycles. The maximum Gasteiger partial charge on any atom is 0.132 e. The fourth-order valence-electron chi connectivity index (χ4n) is 0.919. The van der Waals surface area contributed by atoms with Crippen LogP contribution in [0.25, 0.3) is 0 Å². The Balaban J connectivity index is 4.05. The molecule has 0 aromatic rings. The maximum atomic E-state index is 10.8. The number of hydrogen-bond acceptors (Lipinski definition) is 2. The Hall–Kier alpha value is -0.163. The summed E-state index contributed by atoms with van der Waals surface area (Å²) in [6.07, 6.45) is 1.03. The van der Waals surface area contributed by atoms with Crippen LogP contribution >= 0.6 is 9.47 Å². The Morgan fingerprint density at radius 3 is 2.43 bits per heavy atom. The second-order valence-electron chi connectivity index (χ2n) is 4.42. The van der Waals surface area contributed by atoms with Crippen molar-refractivity contribution in [3.63, 3.8) is 0 Å². The summed E-state index contributed by atoms with van der Waals surface area (Å²) in [4.78, 5) is 10.8. The molecule has 2 nitrogen and oxygen atoms in total. The second kappa shape index (κ2) is 6.34. The molecule has 0 bridgehead atoms. The number of rotatable bonds is 4. The molecule has 2 atom stereocenters. The van der Waals surface area contributed by atoms with E-state index in [1.165, 1.54) is 0 Å². The highest BCUT2D eigenvalue weighted by Crippen LogP contribution is 2.08. The average Bonchev–Trinajstić information content (AvgIpc) is 1.99. The van der Waals surface area contributed by atoms with Crippen LogP contribution in [0.3, 0.4) is 0 Å². The Morgan fingerprint density at radius 2 is 2.07 bits per heavy atom. The van der Waals surface area contributed by atoms with Gasteiger partial charge in [0.1, 0.15) is 13.9 Å². The predicted molar refractivity (Wildman–Crippen MR) is 65.6 cm³/mol. The normalized spacial score (nSPS) is 12.9. The van der Waals surface area contributed by atoms with E-state index in [1.807, 2.05) is 0 Å². The van der Waals surface area contributed by atoms with Crippen LogP contribution in [-0.4, -0.2) is 20.0 Å². The van der Waals surface area contributed by atoms with Gasteiger partial charge in [0.2, 0.25) is 0 Å². The molecule has 0 N–H and O–H groups in total. The summed E-state index contributed by atoms with van der Waals surface area (Å²) in [6, 6.07) is 0. The Labute approximate surface area is 90.1 Å². The van der Waals surface area contributed by atoms with Crippen molar-refractivity contribution in [3.8, 4) is 11.5 Å². The molecule has 14 heavy (non-hydrogen) atoms. The van der Waals surface area contributed by atoms with E-state index in [4.69, 9.17) is 4.52 Å². The highest BCUT2D eigenvalue weighted by Gasteiger charge is 2.10. The van der Waals surface area contributed by atoms with E-state index in [0.29, 0.717) is 12.8 Å². The van der Waals surface area contributed by atoms with Gasteiger partial charge < -0.3 is 4.52 Å². The van der Waals surface area contributed by atoms with Crippen molar-refractivity contribution >= 4 is 23.3 Å². The fourth-order valence-corrected chi connectivity index (χ4v) is 1.74. The van der Waals surface area contributed by atoms with Gasteiger partial charge >= 0.3 is 0 Å². The quantitative estimate of drug-likeness (QED) is 0.421. The van der Waals surface area contributed by atoms with Crippen molar-refractivity contribution < 1.29 is 9.32 Å². The molecule has 0 radical (unpaired) electrons.